The van der Waals surface area contributed by atoms with Crippen LogP contribution in [0.4, 0.5) is 34.3 Å². The van der Waals surface area contributed by atoms with E-state index in [-0.39, 0.29) is 28.4 Å². The number of para-hydroxylation sites is 1. The second-order valence-electron chi connectivity index (χ2n) is 25.2. The Morgan fingerprint density at radius 3 is 1.69 bits per heavy atom. The van der Waals surface area contributed by atoms with E-state index in [0.29, 0.717) is 0 Å². The van der Waals surface area contributed by atoms with Gasteiger partial charge >= 0.3 is 0 Å². The molecule has 74 heavy (non-hydrogen) atoms. The van der Waals surface area contributed by atoms with Gasteiger partial charge in [0.05, 0.1) is 11.2 Å². The number of nitrogens with zero attached hydrogens (tertiary/aromatic N) is 3. The molecule has 0 radical (unpaired) electrons. The summed E-state index contributed by atoms with van der Waals surface area (Å²) in [5, 5.41) is 2.64. The molecular weight excluding hydrogens is 914 g/mol. The standard InChI is InChI=1S/C69H66BN3S/c1-41-20-14-16-22-49(41)43-26-35-51-56(36-43)72(48-33-29-45(30-34-48)67(6,7)8)65-62(51)70-54-39-52-60(74-64-50-23-17-18-24-53(50)69(12,13)61(52)64)40-57(54)71(47-31-27-44(28-32-47)66(3,4)5)58-37-46(68(9,10)11)38-59(63(58)70)73(65)55-25-19-15-21-42(55)2/h14-40H,1-13H3. The molecule has 3 aliphatic rings. The van der Waals surface area contributed by atoms with E-state index in [9.17, 15) is 0 Å². The maximum atomic E-state index is 2.66. The minimum atomic E-state index is -0.157. The molecule has 0 amide bonds. The molecule has 366 valence electrons. The second-order valence-corrected chi connectivity index (χ2v) is 26.2. The topological polar surface area (TPSA) is 11.4 Å². The summed E-state index contributed by atoms with van der Waals surface area (Å²) in [5.41, 5.74) is 25.4. The number of rotatable bonds is 4. The van der Waals surface area contributed by atoms with Crippen molar-refractivity contribution in [3.05, 3.63) is 203 Å². The van der Waals surface area contributed by atoms with Crippen molar-refractivity contribution in [1.29, 1.82) is 0 Å². The number of aromatic nitrogens is 1. The predicted molar refractivity (Wildman–Crippen MR) is 321 cm³/mol. The highest BCUT2D eigenvalue weighted by Crippen LogP contribution is 2.57. The van der Waals surface area contributed by atoms with Crippen LogP contribution in [0.5, 0.6) is 0 Å². The van der Waals surface area contributed by atoms with E-state index >= 15 is 0 Å². The summed E-state index contributed by atoms with van der Waals surface area (Å²) in [5.74, 6) is 1.20. The van der Waals surface area contributed by atoms with Gasteiger partial charge in [0.1, 0.15) is 5.82 Å². The first-order chi connectivity index (χ1) is 35.2. The van der Waals surface area contributed by atoms with Gasteiger partial charge in [0.2, 0.25) is 0 Å². The molecule has 5 heteroatoms. The molecule has 3 nitrogen and oxygen atoms in total. The SMILES string of the molecule is Cc1ccccc1-c1ccc2c3c(n(-c4ccc(C(C)(C)C)cc4)c2c1)N(c1ccccc1C)c1cc(C(C)(C)C)cc2c1B3c1cc3c4c(sc3cc1N2c1ccc(C(C)(C)C)cc1)-c1ccccc1C4(C)C. The molecule has 2 aromatic heterocycles. The Kier molecular flexibility index (Phi) is 10.1. The van der Waals surface area contributed by atoms with Gasteiger partial charge in [-0.25, -0.2) is 0 Å². The van der Waals surface area contributed by atoms with E-state index in [1.807, 2.05) is 11.3 Å². The first-order valence-electron chi connectivity index (χ1n) is 26.7. The van der Waals surface area contributed by atoms with E-state index in [1.165, 1.54) is 132 Å². The highest BCUT2D eigenvalue weighted by molar-refractivity contribution is 7.22. The van der Waals surface area contributed by atoms with Crippen LogP contribution in [0.15, 0.2) is 164 Å². The molecule has 13 rings (SSSR count). The molecule has 0 fully saturated rings. The van der Waals surface area contributed by atoms with Crippen LogP contribution in [0.25, 0.3) is 48.2 Å². The molecule has 0 saturated heterocycles. The third-order valence-corrected chi connectivity index (χ3v) is 18.1. The Morgan fingerprint density at radius 2 is 1.05 bits per heavy atom. The van der Waals surface area contributed by atoms with Crippen LogP contribution in [-0.4, -0.2) is 11.3 Å². The highest BCUT2D eigenvalue weighted by Gasteiger charge is 2.48. The van der Waals surface area contributed by atoms with E-state index in [4.69, 9.17) is 0 Å². The quantitative estimate of drug-likeness (QED) is 0.163. The summed E-state index contributed by atoms with van der Waals surface area (Å²) in [7, 11) is 0. The van der Waals surface area contributed by atoms with E-state index < -0.39 is 0 Å². The average Bonchev–Trinajstić information content (AvgIpc) is 4.03. The van der Waals surface area contributed by atoms with E-state index in [2.05, 4.69) is 268 Å². The third-order valence-electron chi connectivity index (χ3n) is 16.9. The predicted octanol–water partition coefficient (Wildman–Crippen LogP) is 17.4. The molecule has 0 N–H and O–H groups in total. The van der Waals surface area contributed by atoms with Crippen LogP contribution < -0.4 is 26.2 Å². The van der Waals surface area contributed by atoms with Crippen molar-refractivity contribution in [3.63, 3.8) is 0 Å². The number of thiophene rings is 1. The van der Waals surface area contributed by atoms with Crippen LogP contribution in [0, 0.1) is 13.8 Å². The number of anilines is 6. The summed E-state index contributed by atoms with van der Waals surface area (Å²) in [4.78, 5) is 6.70. The van der Waals surface area contributed by atoms with Crippen molar-refractivity contribution in [3.8, 4) is 27.3 Å². The van der Waals surface area contributed by atoms with Crippen molar-refractivity contribution in [1.82, 2.24) is 4.57 Å². The summed E-state index contributed by atoms with van der Waals surface area (Å²) in [6.07, 6.45) is 0. The Morgan fingerprint density at radius 1 is 0.473 bits per heavy atom. The molecule has 10 aromatic rings. The molecule has 1 aliphatic carbocycles. The molecule has 0 saturated carbocycles. The van der Waals surface area contributed by atoms with Gasteiger partial charge in [-0.15, -0.1) is 11.3 Å². The molecule has 8 aromatic carbocycles. The van der Waals surface area contributed by atoms with Gasteiger partial charge in [0.15, 0.2) is 0 Å². The van der Waals surface area contributed by atoms with Gasteiger partial charge in [-0.1, -0.05) is 185 Å². The van der Waals surface area contributed by atoms with Crippen LogP contribution in [0.1, 0.15) is 115 Å². The fraction of sp³-hybridized carbons (Fsp3) is 0.246. The highest BCUT2D eigenvalue weighted by atomic mass is 32.1. The smallest absolute Gasteiger partial charge is 0.255 e. The van der Waals surface area contributed by atoms with E-state index in [1.54, 1.807) is 0 Å². The fourth-order valence-corrected chi connectivity index (χ4v) is 14.3. The van der Waals surface area contributed by atoms with Crippen LogP contribution >= 0.6 is 11.3 Å². The molecule has 2 aliphatic heterocycles. The lowest BCUT2D eigenvalue weighted by atomic mass is 9.33. The Labute approximate surface area is 443 Å². The fourth-order valence-electron chi connectivity index (χ4n) is 12.9. The number of aryl methyl sites for hydroxylation is 2. The first kappa shape index (κ1) is 46.7. The maximum Gasteiger partial charge on any atom is 0.255 e. The Hall–Kier alpha value is -7.08. The first-order valence-corrected chi connectivity index (χ1v) is 27.5. The third kappa shape index (κ3) is 6.84. The summed E-state index contributed by atoms with van der Waals surface area (Å²) in [6, 6.07) is 63.6. The molecular formula is C69H66BN3S. The van der Waals surface area contributed by atoms with Crippen molar-refractivity contribution >= 4 is 89.7 Å². The van der Waals surface area contributed by atoms with Crippen molar-refractivity contribution < 1.29 is 0 Å². The summed E-state index contributed by atoms with van der Waals surface area (Å²) in [6.45, 7) is 30.3. The van der Waals surface area contributed by atoms with E-state index in [0.717, 1.165) is 5.69 Å². The van der Waals surface area contributed by atoms with Crippen LogP contribution in [-0.2, 0) is 21.7 Å². The van der Waals surface area contributed by atoms with Crippen LogP contribution in [0.2, 0.25) is 0 Å². The maximum absolute atomic E-state index is 2.66. The normalized spacial score (nSPS) is 14.6. The monoisotopic (exact) mass is 980 g/mol. The Bertz CT molecular complexity index is 3960. The lowest BCUT2D eigenvalue weighted by Gasteiger charge is -2.45. The zero-order valence-electron chi connectivity index (χ0n) is 45.4. The zero-order chi connectivity index (χ0) is 51.5. The number of benzene rings is 8. The molecule has 0 unspecified atom stereocenters. The number of fused-ring (bicyclic) bond motifs is 11. The van der Waals surface area contributed by atoms with Crippen molar-refractivity contribution in [2.75, 3.05) is 9.80 Å². The minimum absolute atomic E-state index is 0.00839. The lowest BCUT2D eigenvalue weighted by Crippen LogP contribution is -2.61. The van der Waals surface area contributed by atoms with Crippen LogP contribution in [0.3, 0.4) is 0 Å². The average molecular weight is 980 g/mol. The van der Waals surface area contributed by atoms with Gasteiger partial charge < -0.3 is 4.90 Å². The van der Waals surface area contributed by atoms with Gasteiger partial charge in [-0.05, 0) is 167 Å². The lowest BCUT2D eigenvalue weighted by molar-refractivity contribution is 0.590. The summed E-state index contributed by atoms with van der Waals surface area (Å²) < 4.78 is 3.96. The minimum Gasteiger partial charge on any atom is -0.311 e. The van der Waals surface area contributed by atoms with Crippen molar-refractivity contribution in [2.24, 2.45) is 0 Å². The number of hydrogen-bond acceptors (Lipinski definition) is 3. The van der Waals surface area contributed by atoms with Gasteiger partial charge in [-0.3, -0.25) is 9.47 Å². The molecule has 0 bridgehead atoms. The zero-order valence-corrected chi connectivity index (χ0v) is 46.2. The molecule has 0 atom stereocenters. The molecule has 0 spiro atoms. The number of hydrogen-bond donors (Lipinski definition) is 0. The second kappa shape index (κ2) is 16.0. The van der Waals surface area contributed by atoms with Gasteiger partial charge in [0.25, 0.3) is 6.71 Å². The van der Waals surface area contributed by atoms with Gasteiger partial charge in [-0.2, -0.15) is 0 Å². The summed E-state index contributed by atoms with van der Waals surface area (Å²) >= 11 is 1.98. The van der Waals surface area contributed by atoms with Crippen molar-refractivity contribution in [2.45, 2.75) is 112 Å². The van der Waals surface area contributed by atoms with Gasteiger partial charge in [0, 0.05) is 43.4 Å². The Balaban J connectivity index is 1.21. The molecule has 4 heterocycles. The largest absolute Gasteiger partial charge is 0.311 e.